The number of phenols is 2. The summed E-state index contributed by atoms with van der Waals surface area (Å²) in [7, 11) is 0. The zero-order valence-electron chi connectivity index (χ0n) is 59.7. The van der Waals surface area contributed by atoms with Crippen LogP contribution in [0, 0.1) is 6.07 Å². The smallest absolute Gasteiger partial charge is 0.128 e. The van der Waals surface area contributed by atoms with E-state index in [9.17, 15) is 10.2 Å². The van der Waals surface area contributed by atoms with Crippen LogP contribution in [0.1, 0.15) is 222 Å². The Balaban J connectivity index is 0.000000236. The maximum absolute atomic E-state index is 11.4. The van der Waals surface area contributed by atoms with Gasteiger partial charge in [0.1, 0.15) is 21.5 Å². The van der Waals surface area contributed by atoms with E-state index in [4.69, 9.17) is 20.0 Å². The van der Waals surface area contributed by atoms with E-state index in [0.717, 1.165) is 87.2 Å². The van der Waals surface area contributed by atoms with Crippen molar-refractivity contribution in [1.82, 2.24) is 9.97 Å². The summed E-state index contributed by atoms with van der Waals surface area (Å²) in [6.45, 7) is 53.0. The van der Waals surface area contributed by atoms with E-state index >= 15 is 0 Å². The first-order valence-corrected chi connectivity index (χ1v) is 34.2. The number of aromatic hydroxyl groups is 2. The van der Waals surface area contributed by atoms with Crippen molar-refractivity contribution in [3.63, 3.8) is 0 Å². The molecule has 9 heteroatoms. The van der Waals surface area contributed by atoms with Gasteiger partial charge in [-0.25, -0.2) is 9.97 Å². The third kappa shape index (κ3) is 16.5. The van der Waals surface area contributed by atoms with Crippen molar-refractivity contribution in [2.75, 3.05) is 0 Å². The molecule has 490 valence electrons. The molecule has 0 fully saturated rings. The fourth-order valence-corrected chi connectivity index (χ4v) is 13.3. The van der Waals surface area contributed by atoms with Gasteiger partial charge in [-0.15, -0.1) is 58.1 Å². The summed E-state index contributed by atoms with van der Waals surface area (Å²) < 4.78 is 2.32. The van der Waals surface area contributed by atoms with E-state index in [0.29, 0.717) is 5.75 Å². The Kier molecular flexibility index (Phi) is 20.4. The molecular weight excluding hydrogens is 1360 g/mol. The Morgan fingerprint density at radius 3 is 1.09 bits per heavy atom. The van der Waals surface area contributed by atoms with E-state index in [1.807, 2.05) is 42.6 Å². The number of benzene rings is 8. The molecule has 6 nitrogen and oxygen atoms in total. The summed E-state index contributed by atoms with van der Waals surface area (Å²) in [5.41, 5.74) is 20.5. The molecule has 0 aliphatic heterocycles. The minimum absolute atomic E-state index is 0. The van der Waals surface area contributed by atoms with E-state index in [1.165, 1.54) is 43.6 Å². The Hall–Kier alpha value is -6.83. The van der Waals surface area contributed by atoms with Crippen molar-refractivity contribution in [1.29, 1.82) is 0 Å². The molecular formula is C84H99N4O2PtS2-. The van der Waals surface area contributed by atoms with E-state index in [-0.39, 0.29) is 70.1 Å². The van der Waals surface area contributed by atoms with Crippen LogP contribution in [-0.2, 0) is 64.4 Å². The molecule has 0 aliphatic carbocycles. The van der Waals surface area contributed by atoms with Gasteiger partial charge in [-0.2, -0.15) is 0 Å². The van der Waals surface area contributed by atoms with Crippen LogP contribution in [0.4, 0.5) is 11.4 Å². The number of aliphatic imine (C=N–C) groups is 2. The molecule has 8 aromatic carbocycles. The molecule has 0 aliphatic rings. The number of hydrogen-bond acceptors (Lipinski definition) is 8. The average molecular weight is 1460 g/mol. The number of phenolic OH excluding ortho intramolecular Hbond substituents is 2. The second-order valence-electron chi connectivity index (χ2n) is 33.3. The van der Waals surface area contributed by atoms with Crippen molar-refractivity contribution in [2.24, 2.45) is 9.98 Å². The van der Waals surface area contributed by atoms with Crippen molar-refractivity contribution in [3.05, 3.63) is 201 Å². The van der Waals surface area contributed by atoms with E-state index < -0.39 is 0 Å². The number of fused-ring (bicyclic) bond motifs is 2. The van der Waals surface area contributed by atoms with Gasteiger partial charge in [0.15, 0.2) is 0 Å². The molecule has 0 unspecified atom stereocenters. The largest absolute Gasteiger partial charge is 0.507 e. The van der Waals surface area contributed by atoms with Crippen LogP contribution >= 0.6 is 22.7 Å². The number of para-hydroxylation sites is 2. The van der Waals surface area contributed by atoms with Gasteiger partial charge in [-0.05, 0) is 131 Å². The van der Waals surface area contributed by atoms with Gasteiger partial charge >= 0.3 is 0 Å². The summed E-state index contributed by atoms with van der Waals surface area (Å²) in [6.07, 6.45) is 3.62. The molecule has 0 radical (unpaired) electrons. The molecule has 2 heterocycles. The zero-order chi connectivity index (χ0) is 67.6. The van der Waals surface area contributed by atoms with Gasteiger partial charge in [-0.1, -0.05) is 238 Å². The summed E-state index contributed by atoms with van der Waals surface area (Å²) in [5.74, 6) is 0.577. The maximum atomic E-state index is 11.4. The van der Waals surface area contributed by atoms with Crippen LogP contribution in [0.2, 0.25) is 0 Å². The van der Waals surface area contributed by atoms with Gasteiger partial charge in [0.05, 0.1) is 21.6 Å². The third-order valence-corrected chi connectivity index (χ3v) is 19.4. The minimum atomic E-state index is -0.207. The van der Waals surface area contributed by atoms with Crippen molar-refractivity contribution >= 4 is 66.9 Å². The quantitative estimate of drug-likeness (QED) is 0.117. The van der Waals surface area contributed by atoms with Crippen LogP contribution in [-0.4, -0.2) is 32.6 Å². The number of aromatic nitrogens is 2. The molecule has 0 spiro atoms. The molecule has 0 amide bonds. The molecule has 0 bridgehead atoms. The minimum Gasteiger partial charge on any atom is -0.507 e. The first-order valence-electron chi connectivity index (χ1n) is 32.5. The first-order chi connectivity index (χ1) is 42.5. The van der Waals surface area contributed by atoms with E-state index in [2.05, 4.69) is 275 Å². The SMILES string of the molecule is CC(C)(C)c1c[c-]c(-c2cc(C(C)(C)C)cc3sc(-c4ccccc4N=Cc4cc(C(C)(C)C)cc(C(C)(C)C)c4O)nc23)cc1.CC(C)(C)c1ccc(-c2cc(C(C)(C)C)cc3sc(-c4ccccc4N=Cc4cc(C(C)(C)C)cc(C(C)(C)C)c4O)nc23)cc1.[Pt]. The summed E-state index contributed by atoms with van der Waals surface area (Å²) in [6, 6.07) is 53.0. The molecule has 0 saturated heterocycles. The van der Waals surface area contributed by atoms with Crippen molar-refractivity contribution in [3.8, 4) is 54.9 Å². The van der Waals surface area contributed by atoms with Crippen molar-refractivity contribution < 1.29 is 31.3 Å². The first kappa shape index (κ1) is 72.0. The average Bonchev–Trinajstić information content (AvgIpc) is 1.69. The summed E-state index contributed by atoms with van der Waals surface area (Å²) >= 11 is 3.41. The van der Waals surface area contributed by atoms with Crippen molar-refractivity contribution in [2.45, 2.75) is 209 Å². The molecule has 10 rings (SSSR count). The van der Waals surface area contributed by atoms with Crippen LogP contribution in [0.25, 0.3) is 63.8 Å². The topological polar surface area (TPSA) is 91.0 Å². The second kappa shape index (κ2) is 26.4. The molecule has 10 aromatic rings. The van der Waals surface area contributed by atoms with E-state index in [1.54, 1.807) is 28.9 Å². The van der Waals surface area contributed by atoms with Gasteiger partial charge in [-0.3, -0.25) is 9.98 Å². The predicted octanol–water partition coefficient (Wildman–Crippen LogP) is 24.4. The Morgan fingerprint density at radius 1 is 0.366 bits per heavy atom. The van der Waals surface area contributed by atoms with Gasteiger partial charge in [0, 0.05) is 82.7 Å². The molecule has 93 heavy (non-hydrogen) atoms. The summed E-state index contributed by atoms with van der Waals surface area (Å²) in [5, 5.41) is 24.6. The van der Waals surface area contributed by atoms with Gasteiger partial charge < -0.3 is 10.2 Å². The Morgan fingerprint density at radius 2 is 0.720 bits per heavy atom. The number of thiazole rings is 2. The van der Waals surface area contributed by atoms with Crippen LogP contribution in [0.5, 0.6) is 11.5 Å². The van der Waals surface area contributed by atoms with Crippen LogP contribution in [0.15, 0.2) is 150 Å². The zero-order valence-corrected chi connectivity index (χ0v) is 63.7. The fourth-order valence-electron chi connectivity index (χ4n) is 11.1. The predicted molar refractivity (Wildman–Crippen MR) is 400 cm³/mol. The molecule has 0 saturated carbocycles. The summed E-state index contributed by atoms with van der Waals surface area (Å²) in [4.78, 5) is 20.5. The van der Waals surface area contributed by atoms with Gasteiger partial charge in [0.2, 0.25) is 0 Å². The van der Waals surface area contributed by atoms with Gasteiger partial charge in [0.25, 0.3) is 0 Å². The second-order valence-corrected chi connectivity index (χ2v) is 35.4. The Bertz CT molecular complexity index is 4120. The van der Waals surface area contributed by atoms with Crippen LogP contribution in [0.3, 0.4) is 0 Å². The normalized spacial score (nSPS) is 13.1. The monoisotopic (exact) mass is 1450 g/mol. The number of hydrogen-bond donors (Lipinski definition) is 2. The fraction of sp³-hybridized carbons (Fsp3) is 0.381. The Labute approximate surface area is 579 Å². The third-order valence-electron chi connectivity index (χ3n) is 17.3. The standard InChI is InChI=1S/C42H50N2OS.C42H49N2OS.Pt/c2*1-39(2,3)28-19-17-26(18-20-28)32-22-30(41(7,8)9)24-35-36(32)44-38(46-35)31-15-13-14-16-34(31)43-25-27-21-29(40(4,5)6)23-33(37(27)45)42(10,11)12;/h13-25,45H,1-12H3;13-17,19-25,45H,1-12H3;/q;-1;. The number of rotatable bonds is 8. The molecule has 2 N–H and O–H groups in total. The van der Waals surface area contributed by atoms with Crippen LogP contribution < -0.4 is 0 Å². The number of nitrogens with zero attached hydrogens (tertiary/aromatic N) is 4. The molecule has 2 aromatic heterocycles. The molecule has 0 atom stereocenters. The maximum Gasteiger partial charge on any atom is 0.128 e.